The first kappa shape index (κ1) is 21.1. The van der Waals surface area contributed by atoms with Gasteiger partial charge in [-0.2, -0.15) is 0 Å². The molecule has 1 aromatic carbocycles. The molecule has 0 aliphatic rings. The van der Waals surface area contributed by atoms with Gasteiger partial charge in [-0.1, -0.05) is 0 Å². The van der Waals surface area contributed by atoms with Crippen molar-refractivity contribution < 1.29 is 21.2 Å². The van der Waals surface area contributed by atoms with Gasteiger partial charge in [-0.05, 0) is 32.2 Å². The van der Waals surface area contributed by atoms with E-state index in [1.807, 2.05) is 4.72 Å². The summed E-state index contributed by atoms with van der Waals surface area (Å²) in [6.07, 6.45) is 0.873. The second-order valence-corrected chi connectivity index (χ2v) is 8.07. The summed E-state index contributed by atoms with van der Waals surface area (Å²) in [5, 5.41) is 2.86. The molecule has 7 nitrogen and oxygen atoms in total. The zero-order valence-electron chi connectivity index (χ0n) is 12.3. The zero-order valence-corrected chi connectivity index (χ0v) is 14.7. The molecule has 0 heterocycles. The molecule has 1 rings (SSSR count). The molecule has 0 fully saturated rings. The number of hydrogen-bond donors (Lipinski definition) is 3. The molecule has 0 radical (unpaired) electrons. The largest absolute Gasteiger partial charge is 0.316 e. The highest BCUT2D eigenvalue weighted by Crippen LogP contribution is 2.19. The third-order valence-electron chi connectivity index (χ3n) is 2.62. The van der Waals surface area contributed by atoms with E-state index in [2.05, 4.69) is 10.0 Å². The van der Waals surface area contributed by atoms with Crippen molar-refractivity contribution in [1.29, 1.82) is 0 Å². The van der Waals surface area contributed by atoms with Crippen LogP contribution in [0.15, 0.2) is 23.1 Å². The first-order chi connectivity index (χ1) is 9.55. The molecule has 11 heteroatoms. The van der Waals surface area contributed by atoms with E-state index in [9.17, 15) is 21.2 Å². The zero-order chi connectivity index (χ0) is 16.3. The van der Waals surface area contributed by atoms with Gasteiger partial charge in [0.1, 0.15) is 5.82 Å². The lowest BCUT2D eigenvalue weighted by molar-refractivity contribution is 0.553. The van der Waals surface area contributed by atoms with Crippen LogP contribution in [0.4, 0.5) is 10.1 Å². The van der Waals surface area contributed by atoms with Crippen molar-refractivity contribution >= 4 is 38.1 Å². The van der Waals surface area contributed by atoms with Crippen LogP contribution in [-0.4, -0.2) is 42.7 Å². The quantitative estimate of drug-likeness (QED) is 0.644. The van der Waals surface area contributed by atoms with Crippen molar-refractivity contribution in [1.82, 2.24) is 10.0 Å². The number of anilines is 1. The molecule has 0 aliphatic carbocycles. The normalized spacial score (nSPS) is 13.3. The number of likely N-dealkylation sites (N-methyl/N-ethyl adjacent to an activating group) is 1. The van der Waals surface area contributed by atoms with E-state index in [1.165, 1.54) is 0 Å². The topological polar surface area (TPSA) is 104 Å². The van der Waals surface area contributed by atoms with Crippen LogP contribution in [0.2, 0.25) is 0 Å². The third-order valence-corrected chi connectivity index (χ3v) is 4.63. The molecule has 3 N–H and O–H groups in total. The second-order valence-electron chi connectivity index (χ2n) is 4.56. The van der Waals surface area contributed by atoms with Crippen molar-refractivity contribution in [2.75, 3.05) is 24.6 Å². The molecule has 22 heavy (non-hydrogen) atoms. The van der Waals surface area contributed by atoms with Crippen LogP contribution in [0.1, 0.15) is 6.92 Å². The van der Waals surface area contributed by atoms with Crippen LogP contribution in [0, 0.1) is 5.82 Å². The average Bonchev–Trinajstić information content (AvgIpc) is 2.36. The van der Waals surface area contributed by atoms with E-state index in [0.29, 0.717) is 0 Å². The van der Waals surface area contributed by atoms with Gasteiger partial charge in [0.25, 0.3) is 0 Å². The fourth-order valence-electron chi connectivity index (χ4n) is 1.37. The number of benzene rings is 1. The molecule has 0 aliphatic heterocycles. The third kappa shape index (κ3) is 6.44. The van der Waals surface area contributed by atoms with Gasteiger partial charge in [0.2, 0.25) is 20.0 Å². The Balaban J connectivity index is 0.00000441. The van der Waals surface area contributed by atoms with E-state index in [0.717, 1.165) is 24.5 Å². The van der Waals surface area contributed by atoms with Gasteiger partial charge < -0.3 is 5.32 Å². The summed E-state index contributed by atoms with van der Waals surface area (Å²) < 4.78 is 64.0. The predicted octanol–water partition coefficient (Wildman–Crippen LogP) is 0.505. The predicted molar refractivity (Wildman–Crippen MR) is 85.8 cm³/mol. The van der Waals surface area contributed by atoms with Crippen molar-refractivity contribution in [3.05, 3.63) is 24.0 Å². The SMILES string of the molecule is CNC(C)CNS(=O)(=O)c1ccc(NS(C)(=O)=O)c(F)c1.Cl. The van der Waals surface area contributed by atoms with Gasteiger partial charge in [0, 0.05) is 12.6 Å². The lowest BCUT2D eigenvalue weighted by Crippen LogP contribution is -2.37. The minimum absolute atomic E-state index is 0. The summed E-state index contributed by atoms with van der Waals surface area (Å²) in [5.74, 6) is -0.968. The minimum atomic E-state index is -3.86. The summed E-state index contributed by atoms with van der Waals surface area (Å²) in [5.41, 5.74) is -0.306. The van der Waals surface area contributed by atoms with E-state index >= 15 is 0 Å². The van der Waals surface area contributed by atoms with Gasteiger partial charge >= 0.3 is 0 Å². The molecule has 0 amide bonds. The summed E-state index contributed by atoms with van der Waals surface area (Å²) in [4.78, 5) is -0.276. The Morgan fingerprint density at radius 3 is 2.27 bits per heavy atom. The Morgan fingerprint density at radius 2 is 1.82 bits per heavy atom. The Bertz CT molecular complexity index is 710. The Morgan fingerprint density at radius 1 is 1.23 bits per heavy atom. The molecule has 0 spiro atoms. The summed E-state index contributed by atoms with van der Waals surface area (Å²) >= 11 is 0. The first-order valence-electron chi connectivity index (χ1n) is 5.99. The maximum Gasteiger partial charge on any atom is 0.240 e. The first-order valence-corrected chi connectivity index (χ1v) is 9.37. The van der Waals surface area contributed by atoms with Crippen LogP contribution in [0.5, 0.6) is 0 Å². The number of sulfonamides is 2. The van der Waals surface area contributed by atoms with Crippen molar-refractivity contribution in [3.63, 3.8) is 0 Å². The number of hydrogen-bond acceptors (Lipinski definition) is 5. The summed E-state index contributed by atoms with van der Waals surface area (Å²) in [7, 11) is -5.81. The molecule has 1 unspecified atom stereocenters. The fraction of sp³-hybridized carbons (Fsp3) is 0.455. The molecule has 128 valence electrons. The van der Waals surface area contributed by atoms with E-state index < -0.39 is 25.9 Å². The number of halogens is 2. The van der Waals surface area contributed by atoms with E-state index in [4.69, 9.17) is 0 Å². The van der Waals surface area contributed by atoms with Gasteiger partial charge in [-0.25, -0.2) is 25.9 Å². The standard InChI is InChI=1S/C11H18FN3O4S2.ClH/c1-8(13-2)7-14-21(18,19)9-4-5-11(10(12)6-9)15-20(3,16)17;/h4-6,8,13-15H,7H2,1-3H3;1H. The maximum absolute atomic E-state index is 13.7. The molecule has 0 saturated carbocycles. The second kappa shape index (κ2) is 8.06. The Hall–Kier alpha value is -0.940. The Labute approximate surface area is 136 Å². The van der Waals surface area contributed by atoms with E-state index in [-0.39, 0.29) is 35.6 Å². The van der Waals surface area contributed by atoms with Crippen molar-refractivity contribution in [2.45, 2.75) is 17.9 Å². The van der Waals surface area contributed by atoms with Crippen LogP contribution < -0.4 is 14.8 Å². The number of nitrogens with one attached hydrogen (secondary N) is 3. The monoisotopic (exact) mass is 375 g/mol. The van der Waals surface area contributed by atoms with Gasteiger partial charge in [-0.3, -0.25) is 4.72 Å². The summed E-state index contributed by atoms with van der Waals surface area (Å²) in [6, 6.07) is 2.87. The minimum Gasteiger partial charge on any atom is -0.316 e. The van der Waals surface area contributed by atoms with Gasteiger partial charge in [0.15, 0.2) is 0 Å². The highest BCUT2D eigenvalue weighted by molar-refractivity contribution is 7.92. The van der Waals surface area contributed by atoms with Crippen molar-refractivity contribution in [2.24, 2.45) is 0 Å². The highest BCUT2D eigenvalue weighted by atomic mass is 35.5. The fourth-order valence-corrected chi connectivity index (χ4v) is 3.07. The number of rotatable bonds is 7. The van der Waals surface area contributed by atoms with Gasteiger partial charge in [-0.15, -0.1) is 12.4 Å². The smallest absolute Gasteiger partial charge is 0.240 e. The molecule has 1 atom stereocenters. The molecule has 0 bridgehead atoms. The van der Waals surface area contributed by atoms with Crippen LogP contribution in [-0.2, 0) is 20.0 Å². The highest BCUT2D eigenvalue weighted by Gasteiger charge is 2.17. The lowest BCUT2D eigenvalue weighted by Gasteiger charge is -2.12. The van der Waals surface area contributed by atoms with Gasteiger partial charge in [0.05, 0.1) is 16.8 Å². The average molecular weight is 376 g/mol. The van der Waals surface area contributed by atoms with E-state index in [1.54, 1.807) is 14.0 Å². The van der Waals surface area contributed by atoms with Crippen LogP contribution >= 0.6 is 12.4 Å². The lowest BCUT2D eigenvalue weighted by atomic mass is 10.3. The molecule has 1 aromatic rings. The Kier molecular flexibility index (Phi) is 7.72. The van der Waals surface area contributed by atoms with Crippen molar-refractivity contribution in [3.8, 4) is 0 Å². The van der Waals surface area contributed by atoms with Crippen LogP contribution in [0.3, 0.4) is 0 Å². The molecular formula is C11H19ClFN3O4S2. The van der Waals surface area contributed by atoms with Crippen LogP contribution in [0.25, 0.3) is 0 Å². The molecule has 0 saturated heterocycles. The molecular weight excluding hydrogens is 357 g/mol. The molecule has 0 aromatic heterocycles. The summed E-state index contributed by atoms with van der Waals surface area (Å²) in [6.45, 7) is 1.92. The maximum atomic E-state index is 13.7.